The Morgan fingerprint density at radius 1 is 1.11 bits per heavy atom. The molecule has 2 aromatic heterocycles. The maximum Gasteiger partial charge on any atom is 0.274 e. The molecular weight excluding hydrogens is 372 g/mol. The first-order valence-corrected chi connectivity index (χ1v) is 9.41. The number of halogens is 1. The molecular formula is C22H19ClN4O. The summed E-state index contributed by atoms with van der Waals surface area (Å²) in [6, 6.07) is 16.9. The third kappa shape index (κ3) is 3.49. The topological polar surface area (TPSA) is 59.3 Å². The molecule has 6 heteroatoms. The number of rotatable bonds is 4. The molecule has 0 fully saturated rings. The van der Waals surface area contributed by atoms with Crippen molar-refractivity contribution in [2.75, 3.05) is 5.32 Å². The lowest BCUT2D eigenvalue weighted by atomic mass is 10.0. The van der Waals surface area contributed by atoms with Crippen LogP contribution in [0, 0.1) is 0 Å². The predicted octanol–water partition coefficient (Wildman–Crippen LogP) is 5.43. The summed E-state index contributed by atoms with van der Waals surface area (Å²) in [5.74, 6) is 0.0463. The van der Waals surface area contributed by atoms with Crippen molar-refractivity contribution in [3.05, 3.63) is 83.3 Å². The van der Waals surface area contributed by atoms with Gasteiger partial charge in [0.25, 0.3) is 5.91 Å². The van der Waals surface area contributed by atoms with Gasteiger partial charge >= 0.3 is 0 Å². The van der Waals surface area contributed by atoms with Crippen LogP contribution in [0.2, 0.25) is 5.02 Å². The number of para-hydroxylation sites is 1. The van der Waals surface area contributed by atoms with E-state index in [0.29, 0.717) is 22.3 Å². The number of carbonyl (C=O) groups is 1. The van der Waals surface area contributed by atoms with Crippen LogP contribution in [0.1, 0.15) is 35.8 Å². The van der Waals surface area contributed by atoms with E-state index in [9.17, 15) is 4.79 Å². The number of amides is 1. The molecule has 5 nitrogen and oxygen atoms in total. The number of carbonyl (C=O) groups excluding carboxylic acids is 1. The van der Waals surface area contributed by atoms with Crippen molar-refractivity contribution in [2.45, 2.75) is 19.8 Å². The average molecular weight is 391 g/mol. The number of nitrogens with zero attached hydrogens (tertiary/aromatic N) is 3. The number of fused-ring (bicyclic) bond motifs is 1. The van der Waals surface area contributed by atoms with Crippen LogP contribution in [0.4, 0.5) is 5.69 Å². The standard InChI is InChI=1S/C22H19ClN4O/c1-14(2)17-8-3-4-9-19(17)26-22(28)20-10-11-27-21(25-20)18(13-24-27)15-6-5-7-16(23)12-15/h3-14H,1-2H3,(H,26,28). The highest BCUT2D eigenvalue weighted by molar-refractivity contribution is 6.30. The maximum atomic E-state index is 12.8. The van der Waals surface area contributed by atoms with E-state index >= 15 is 0 Å². The molecule has 0 spiro atoms. The molecule has 0 atom stereocenters. The van der Waals surface area contributed by atoms with Crippen LogP contribution in [-0.2, 0) is 0 Å². The summed E-state index contributed by atoms with van der Waals surface area (Å²) < 4.78 is 1.65. The Balaban J connectivity index is 1.70. The average Bonchev–Trinajstić information content (AvgIpc) is 3.11. The largest absolute Gasteiger partial charge is 0.320 e. The van der Waals surface area contributed by atoms with Crippen molar-refractivity contribution in [2.24, 2.45) is 0 Å². The SMILES string of the molecule is CC(C)c1ccccc1NC(=O)c1ccn2ncc(-c3cccc(Cl)c3)c2n1. The van der Waals surface area contributed by atoms with Gasteiger partial charge in [-0.25, -0.2) is 9.50 Å². The molecule has 0 saturated carbocycles. The lowest BCUT2D eigenvalue weighted by Gasteiger charge is -2.13. The fourth-order valence-electron chi connectivity index (χ4n) is 3.16. The molecule has 1 N–H and O–H groups in total. The molecule has 0 unspecified atom stereocenters. The third-order valence-corrected chi connectivity index (χ3v) is 4.80. The minimum absolute atomic E-state index is 0.256. The van der Waals surface area contributed by atoms with Gasteiger partial charge in [0.05, 0.1) is 6.20 Å². The maximum absolute atomic E-state index is 12.8. The van der Waals surface area contributed by atoms with E-state index in [4.69, 9.17) is 11.6 Å². The summed E-state index contributed by atoms with van der Waals surface area (Å²) in [5.41, 5.74) is 4.54. The summed E-state index contributed by atoms with van der Waals surface area (Å²) in [7, 11) is 0. The number of hydrogen-bond donors (Lipinski definition) is 1. The van der Waals surface area contributed by atoms with Crippen molar-refractivity contribution in [1.82, 2.24) is 14.6 Å². The first kappa shape index (κ1) is 18.2. The van der Waals surface area contributed by atoms with Crippen LogP contribution >= 0.6 is 11.6 Å². The highest BCUT2D eigenvalue weighted by atomic mass is 35.5. The smallest absolute Gasteiger partial charge is 0.274 e. The van der Waals surface area contributed by atoms with Gasteiger partial charge in [-0.15, -0.1) is 0 Å². The van der Waals surface area contributed by atoms with E-state index in [2.05, 4.69) is 29.2 Å². The minimum Gasteiger partial charge on any atom is -0.320 e. The fourth-order valence-corrected chi connectivity index (χ4v) is 3.35. The van der Waals surface area contributed by atoms with E-state index in [-0.39, 0.29) is 5.91 Å². The summed E-state index contributed by atoms with van der Waals surface area (Å²) in [4.78, 5) is 17.4. The Kier molecular flexibility index (Phi) is 4.84. The number of aromatic nitrogens is 3. The second-order valence-electron chi connectivity index (χ2n) is 6.85. The van der Waals surface area contributed by atoms with Gasteiger partial charge in [0.2, 0.25) is 0 Å². The van der Waals surface area contributed by atoms with E-state index in [0.717, 1.165) is 22.4 Å². The van der Waals surface area contributed by atoms with Crippen molar-refractivity contribution >= 4 is 28.8 Å². The molecule has 4 aromatic rings. The summed E-state index contributed by atoms with van der Waals surface area (Å²) in [6.07, 6.45) is 3.46. The zero-order valence-corrected chi connectivity index (χ0v) is 16.3. The summed E-state index contributed by atoms with van der Waals surface area (Å²) in [5, 5.41) is 7.94. The van der Waals surface area contributed by atoms with E-state index < -0.39 is 0 Å². The van der Waals surface area contributed by atoms with Crippen LogP contribution in [0.5, 0.6) is 0 Å². The Hall–Kier alpha value is -3.18. The van der Waals surface area contributed by atoms with Gasteiger partial charge in [0.15, 0.2) is 5.65 Å². The highest BCUT2D eigenvalue weighted by Crippen LogP contribution is 2.27. The summed E-state index contributed by atoms with van der Waals surface area (Å²) in [6.45, 7) is 4.19. The normalized spacial score (nSPS) is 11.1. The molecule has 28 heavy (non-hydrogen) atoms. The van der Waals surface area contributed by atoms with E-state index in [1.54, 1.807) is 23.0 Å². The molecule has 2 aromatic carbocycles. The zero-order valence-electron chi connectivity index (χ0n) is 15.6. The molecule has 140 valence electrons. The van der Waals surface area contributed by atoms with Crippen molar-refractivity contribution in [3.63, 3.8) is 0 Å². The van der Waals surface area contributed by atoms with Crippen LogP contribution < -0.4 is 5.32 Å². The van der Waals surface area contributed by atoms with Gasteiger partial charge in [0.1, 0.15) is 5.69 Å². The summed E-state index contributed by atoms with van der Waals surface area (Å²) >= 11 is 6.11. The predicted molar refractivity (Wildman–Crippen MR) is 112 cm³/mol. The first-order valence-electron chi connectivity index (χ1n) is 9.03. The third-order valence-electron chi connectivity index (χ3n) is 4.57. The lowest BCUT2D eigenvalue weighted by molar-refractivity contribution is 0.102. The minimum atomic E-state index is -0.256. The van der Waals surface area contributed by atoms with Crippen LogP contribution in [0.3, 0.4) is 0 Å². The van der Waals surface area contributed by atoms with Crippen LogP contribution in [-0.4, -0.2) is 20.5 Å². The van der Waals surface area contributed by atoms with Gasteiger partial charge < -0.3 is 5.32 Å². The second-order valence-corrected chi connectivity index (χ2v) is 7.28. The van der Waals surface area contributed by atoms with Crippen molar-refractivity contribution in [1.29, 1.82) is 0 Å². The van der Waals surface area contributed by atoms with Gasteiger partial charge in [-0.3, -0.25) is 4.79 Å². The Morgan fingerprint density at radius 3 is 2.71 bits per heavy atom. The number of anilines is 1. The highest BCUT2D eigenvalue weighted by Gasteiger charge is 2.15. The van der Waals surface area contributed by atoms with E-state index in [1.807, 2.05) is 48.5 Å². The number of hydrogen-bond acceptors (Lipinski definition) is 3. The number of benzene rings is 2. The molecule has 0 aliphatic rings. The van der Waals surface area contributed by atoms with Crippen LogP contribution in [0.15, 0.2) is 67.0 Å². The number of nitrogens with one attached hydrogen (secondary N) is 1. The quantitative estimate of drug-likeness (QED) is 0.505. The molecule has 4 rings (SSSR count). The Morgan fingerprint density at radius 2 is 1.93 bits per heavy atom. The molecule has 0 aliphatic carbocycles. The molecule has 0 radical (unpaired) electrons. The monoisotopic (exact) mass is 390 g/mol. The van der Waals surface area contributed by atoms with Crippen molar-refractivity contribution in [3.8, 4) is 11.1 Å². The fraction of sp³-hybridized carbons (Fsp3) is 0.136. The van der Waals surface area contributed by atoms with Crippen molar-refractivity contribution < 1.29 is 4.79 Å². The van der Waals surface area contributed by atoms with E-state index in [1.165, 1.54) is 0 Å². The Labute approximate surface area is 168 Å². The molecule has 0 bridgehead atoms. The molecule has 1 amide bonds. The van der Waals surface area contributed by atoms with Crippen LogP contribution in [0.25, 0.3) is 16.8 Å². The second kappa shape index (κ2) is 7.44. The van der Waals surface area contributed by atoms with Gasteiger partial charge in [-0.05, 0) is 41.3 Å². The molecule has 0 aliphatic heterocycles. The molecule has 2 heterocycles. The molecule has 0 saturated heterocycles. The van der Waals surface area contributed by atoms with Gasteiger partial charge in [-0.2, -0.15) is 5.10 Å². The zero-order chi connectivity index (χ0) is 19.7. The van der Waals surface area contributed by atoms with Gasteiger partial charge in [0, 0.05) is 22.5 Å². The van der Waals surface area contributed by atoms with Gasteiger partial charge in [-0.1, -0.05) is 55.8 Å². The lowest BCUT2D eigenvalue weighted by Crippen LogP contribution is -2.15. The Bertz CT molecular complexity index is 1170. The first-order chi connectivity index (χ1) is 13.5.